The summed E-state index contributed by atoms with van der Waals surface area (Å²) in [6, 6.07) is 13.2. The fourth-order valence-electron chi connectivity index (χ4n) is 4.27. The third kappa shape index (κ3) is 6.86. The van der Waals surface area contributed by atoms with Crippen molar-refractivity contribution in [2.75, 3.05) is 23.7 Å². The molecule has 3 aromatic heterocycles. The first-order chi connectivity index (χ1) is 20.6. The molecule has 0 fully saturated rings. The summed E-state index contributed by atoms with van der Waals surface area (Å²) in [5.74, 6) is -2.27. The number of fused-ring (bicyclic) bond motifs is 1. The van der Waals surface area contributed by atoms with E-state index in [-0.39, 0.29) is 30.0 Å². The van der Waals surface area contributed by atoms with Gasteiger partial charge in [0, 0.05) is 44.1 Å². The normalized spacial score (nSPS) is 11.5. The van der Waals surface area contributed by atoms with E-state index in [1.165, 1.54) is 6.07 Å². The monoisotopic (exact) mass is 596 g/mol. The zero-order valence-corrected chi connectivity index (χ0v) is 22.4. The highest BCUT2D eigenvalue weighted by Gasteiger charge is 2.34. The molecule has 0 saturated carbocycles. The molecule has 3 heterocycles. The number of carbonyl (C=O) groups excluding carboxylic acids is 1. The van der Waals surface area contributed by atoms with Gasteiger partial charge in [-0.25, -0.2) is 13.8 Å². The number of hydrogen-bond acceptors (Lipinski definition) is 7. The molecule has 6 N–H and O–H groups in total. The summed E-state index contributed by atoms with van der Waals surface area (Å²) in [6.45, 7) is 0.829. The average molecular weight is 597 g/mol. The lowest BCUT2D eigenvalue weighted by molar-refractivity contribution is -0.137. The number of amides is 1. The number of nitrogens with one attached hydrogen (secondary N) is 4. The van der Waals surface area contributed by atoms with Crippen molar-refractivity contribution >= 4 is 28.4 Å². The smallest absolute Gasteiger partial charge is 0.380 e. The molecule has 43 heavy (non-hydrogen) atoms. The molecule has 5 aromatic rings. The summed E-state index contributed by atoms with van der Waals surface area (Å²) in [5.41, 5.74) is 7.11. The maximum absolute atomic E-state index is 13.7. The molecule has 0 bridgehead atoms. The summed E-state index contributed by atoms with van der Waals surface area (Å²) in [5, 5.41) is 16.2. The van der Waals surface area contributed by atoms with Crippen molar-refractivity contribution in [3.05, 3.63) is 101 Å². The third-order valence-electron chi connectivity index (χ3n) is 6.50. The topological polar surface area (TPSA) is 134 Å². The van der Waals surface area contributed by atoms with Crippen molar-refractivity contribution in [3.63, 3.8) is 0 Å². The van der Waals surface area contributed by atoms with E-state index in [1.54, 1.807) is 18.3 Å². The van der Waals surface area contributed by atoms with Crippen LogP contribution in [0.1, 0.15) is 27.2 Å². The van der Waals surface area contributed by atoms with Crippen molar-refractivity contribution in [2.24, 2.45) is 5.73 Å². The largest absolute Gasteiger partial charge is 0.419 e. The molecular formula is C29H25F5N8O. The van der Waals surface area contributed by atoms with Gasteiger partial charge in [-0.2, -0.15) is 18.3 Å². The van der Waals surface area contributed by atoms with Gasteiger partial charge < -0.3 is 21.7 Å². The SMILES string of the molecule is NCCNc1n[nH]c2ncc(-c3ccc(CNc4cc(C(=O)NCc5ccc(F)c(F)c5)ncc4C(F)(F)F)cc3)cc12. The number of hydrogen-bond donors (Lipinski definition) is 5. The van der Waals surface area contributed by atoms with Crippen molar-refractivity contribution in [3.8, 4) is 11.1 Å². The van der Waals surface area contributed by atoms with Crippen LogP contribution in [-0.4, -0.2) is 39.2 Å². The van der Waals surface area contributed by atoms with Crippen LogP contribution in [0.3, 0.4) is 0 Å². The number of H-pyrrole nitrogens is 1. The first-order valence-corrected chi connectivity index (χ1v) is 13.0. The molecule has 222 valence electrons. The van der Waals surface area contributed by atoms with Gasteiger partial charge >= 0.3 is 6.18 Å². The van der Waals surface area contributed by atoms with Crippen LogP contribution in [0.15, 0.2) is 67.0 Å². The molecule has 0 unspecified atom stereocenters. The van der Waals surface area contributed by atoms with Gasteiger partial charge in [-0.1, -0.05) is 30.3 Å². The van der Waals surface area contributed by atoms with Crippen molar-refractivity contribution < 1.29 is 26.7 Å². The lowest BCUT2D eigenvalue weighted by Crippen LogP contribution is -2.24. The molecule has 0 saturated heterocycles. The van der Waals surface area contributed by atoms with E-state index in [9.17, 15) is 26.7 Å². The number of halogens is 5. The van der Waals surface area contributed by atoms with Gasteiger partial charge in [0.2, 0.25) is 0 Å². The van der Waals surface area contributed by atoms with Gasteiger partial charge in [0.25, 0.3) is 5.91 Å². The molecule has 0 spiro atoms. The van der Waals surface area contributed by atoms with Gasteiger partial charge in [-0.05, 0) is 41.0 Å². The number of anilines is 2. The van der Waals surface area contributed by atoms with Crippen molar-refractivity contribution in [1.82, 2.24) is 25.5 Å². The molecule has 0 radical (unpaired) electrons. The van der Waals surface area contributed by atoms with Crippen LogP contribution >= 0.6 is 0 Å². The van der Waals surface area contributed by atoms with Crippen LogP contribution in [0, 0.1) is 11.6 Å². The van der Waals surface area contributed by atoms with E-state index >= 15 is 0 Å². The predicted octanol–water partition coefficient (Wildman–Crippen LogP) is 5.23. The van der Waals surface area contributed by atoms with Gasteiger partial charge in [-0.15, -0.1) is 0 Å². The summed E-state index contributed by atoms with van der Waals surface area (Å²) in [4.78, 5) is 20.7. The quantitative estimate of drug-likeness (QED) is 0.140. The minimum atomic E-state index is -4.73. The van der Waals surface area contributed by atoms with Crippen LogP contribution in [-0.2, 0) is 19.3 Å². The maximum atomic E-state index is 13.7. The fraction of sp³-hybridized carbons (Fsp3) is 0.172. The molecule has 1 amide bonds. The van der Waals surface area contributed by atoms with Crippen LogP contribution in [0.4, 0.5) is 33.5 Å². The minimum Gasteiger partial charge on any atom is -0.380 e. The van der Waals surface area contributed by atoms with Crippen LogP contribution in [0.25, 0.3) is 22.2 Å². The molecule has 9 nitrogen and oxygen atoms in total. The number of alkyl halides is 3. The molecular weight excluding hydrogens is 571 g/mol. The second-order valence-electron chi connectivity index (χ2n) is 9.50. The number of nitrogens with two attached hydrogens (primary N) is 1. The molecule has 2 aromatic carbocycles. The highest BCUT2D eigenvalue weighted by Crippen LogP contribution is 2.35. The van der Waals surface area contributed by atoms with E-state index in [0.29, 0.717) is 36.3 Å². The fourth-order valence-corrected chi connectivity index (χ4v) is 4.27. The Kier molecular flexibility index (Phi) is 8.48. The van der Waals surface area contributed by atoms with Gasteiger partial charge in [0.15, 0.2) is 23.1 Å². The van der Waals surface area contributed by atoms with Crippen LogP contribution in [0.5, 0.6) is 0 Å². The number of rotatable bonds is 10. The Morgan fingerprint density at radius 1 is 0.860 bits per heavy atom. The van der Waals surface area contributed by atoms with Crippen molar-refractivity contribution in [1.29, 1.82) is 0 Å². The number of aromatic nitrogens is 4. The Labute approximate surface area is 241 Å². The van der Waals surface area contributed by atoms with Gasteiger partial charge in [0.05, 0.1) is 16.6 Å². The van der Waals surface area contributed by atoms with E-state index in [0.717, 1.165) is 34.7 Å². The zero-order chi connectivity index (χ0) is 30.6. The molecule has 14 heteroatoms. The molecule has 0 aliphatic heterocycles. The van der Waals surface area contributed by atoms with E-state index in [1.807, 2.05) is 18.2 Å². The number of nitrogens with zero attached hydrogens (tertiary/aromatic N) is 3. The maximum Gasteiger partial charge on any atom is 0.419 e. The van der Waals surface area contributed by atoms with Crippen LogP contribution in [0.2, 0.25) is 0 Å². The van der Waals surface area contributed by atoms with Gasteiger partial charge in [-0.3, -0.25) is 14.9 Å². The first-order valence-electron chi connectivity index (χ1n) is 13.0. The van der Waals surface area contributed by atoms with Crippen LogP contribution < -0.4 is 21.7 Å². The summed E-state index contributed by atoms with van der Waals surface area (Å²) in [6.07, 6.45) is -2.46. The minimum absolute atomic E-state index is 0.0233. The number of pyridine rings is 2. The molecule has 0 atom stereocenters. The van der Waals surface area contributed by atoms with Crippen molar-refractivity contribution in [2.45, 2.75) is 19.3 Å². The number of aromatic amines is 1. The third-order valence-corrected chi connectivity index (χ3v) is 6.50. The lowest BCUT2D eigenvalue weighted by Gasteiger charge is -2.16. The Morgan fingerprint density at radius 2 is 1.63 bits per heavy atom. The second kappa shape index (κ2) is 12.4. The summed E-state index contributed by atoms with van der Waals surface area (Å²) >= 11 is 0. The Morgan fingerprint density at radius 3 is 2.35 bits per heavy atom. The Balaban J connectivity index is 1.29. The van der Waals surface area contributed by atoms with E-state index < -0.39 is 29.3 Å². The predicted molar refractivity (Wildman–Crippen MR) is 151 cm³/mol. The zero-order valence-electron chi connectivity index (χ0n) is 22.4. The average Bonchev–Trinajstić information content (AvgIpc) is 3.41. The van der Waals surface area contributed by atoms with E-state index in [2.05, 4.69) is 36.1 Å². The van der Waals surface area contributed by atoms with E-state index in [4.69, 9.17) is 5.73 Å². The highest BCUT2D eigenvalue weighted by atomic mass is 19.4. The molecule has 5 rings (SSSR count). The second-order valence-corrected chi connectivity index (χ2v) is 9.50. The lowest BCUT2D eigenvalue weighted by atomic mass is 10.0. The van der Waals surface area contributed by atoms with Gasteiger partial charge in [0.1, 0.15) is 5.69 Å². The first kappa shape index (κ1) is 29.4. The summed E-state index contributed by atoms with van der Waals surface area (Å²) < 4.78 is 67.7. The summed E-state index contributed by atoms with van der Waals surface area (Å²) in [7, 11) is 0. The number of benzene rings is 2. The standard InChI is InChI=1S/C29H25F5N8O/c30-22-6-3-17(9-23(22)31)13-40-28(43)25-11-24(21(15-38-25)29(32,33)34)37-12-16-1-4-18(5-2-16)19-10-20-26(36-8-7-35)41-42-27(20)39-14-19/h1-6,9-11,14-15H,7-8,12-13,35H2,(H,37,38)(H,40,43)(H2,36,39,41,42). The number of carbonyl (C=O) groups is 1. The molecule has 0 aliphatic rings. The highest BCUT2D eigenvalue weighted by molar-refractivity contribution is 5.93. The Hall–Kier alpha value is -5.11. The molecule has 0 aliphatic carbocycles. The Bertz CT molecular complexity index is 1750.